The minimum Gasteiger partial charge on any atom is -0.496 e. The lowest BCUT2D eigenvalue weighted by atomic mass is 10.2. The van der Waals surface area contributed by atoms with E-state index >= 15 is 0 Å². The van der Waals surface area contributed by atoms with Gasteiger partial charge >= 0.3 is 0 Å². The molecule has 0 bridgehead atoms. The van der Waals surface area contributed by atoms with Gasteiger partial charge in [-0.2, -0.15) is 0 Å². The number of hydrogen-bond acceptors (Lipinski definition) is 3. The van der Waals surface area contributed by atoms with E-state index in [9.17, 15) is 4.39 Å². The summed E-state index contributed by atoms with van der Waals surface area (Å²) < 4.78 is 24.2. The van der Waals surface area contributed by atoms with Gasteiger partial charge in [0.25, 0.3) is 5.89 Å². The van der Waals surface area contributed by atoms with Crippen LogP contribution in [-0.2, 0) is 13.1 Å². The summed E-state index contributed by atoms with van der Waals surface area (Å²) >= 11 is 6.08. The van der Waals surface area contributed by atoms with Crippen LogP contribution in [0.1, 0.15) is 11.5 Å². The fourth-order valence-corrected chi connectivity index (χ4v) is 2.87. The number of ether oxygens (including phenoxy) is 1. The van der Waals surface area contributed by atoms with Crippen molar-refractivity contribution in [1.29, 1.82) is 0 Å². The van der Waals surface area contributed by atoms with E-state index in [-0.39, 0.29) is 5.82 Å². The van der Waals surface area contributed by atoms with Gasteiger partial charge in [0.1, 0.15) is 18.1 Å². The van der Waals surface area contributed by atoms with Crippen molar-refractivity contribution in [3.63, 3.8) is 0 Å². The first kappa shape index (κ1) is 17.5. The Labute approximate surface area is 150 Å². The van der Waals surface area contributed by atoms with Crippen molar-refractivity contribution in [2.75, 3.05) is 14.2 Å². The smallest absolute Gasteiger partial charge is 0.250 e. The first-order valence-electron chi connectivity index (χ1n) is 7.89. The third-order valence-corrected chi connectivity index (χ3v) is 4.11. The normalized spacial score (nSPS) is 12.2. The Morgan fingerprint density at radius 2 is 1.92 bits per heavy atom. The maximum atomic E-state index is 13.0. The van der Waals surface area contributed by atoms with E-state index in [1.54, 1.807) is 25.4 Å². The molecule has 4 nitrogen and oxygen atoms in total. The van der Waals surface area contributed by atoms with Crippen LogP contribution in [0.4, 0.5) is 4.39 Å². The van der Waals surface area contributed by atoms with E-state index < -0.39 is 0 Å². The summed E-state index contributed by atoms with van der Waals surface area (Å²) in [5, 5.41) is 0.679. The molecule has 0 aliphatic rings. The van der Waals surface area contributed by atoms with Crippen molar-refractivity contribution in [1.82, 2.24) is 4.98 Å². The number of rotatable bonds is 6. The third kappa shape index (κ3) is 4.38. The van der Waals surface area contributed by atoms with E-state index in [2.05, 4.69) is 4.98 Å². The van der Waals surface area contributed by atoms with Gasteiger partial charge in [-0.25, -0.2) is 9.37 Å². The van der Waals surface area contributed by atoms with E-state index in [4.69, 9.17) is 20.8 Å². The molecular formula is C19H19ClFN2O2+. The topological polar surface area (TPSA) is 39.7 Å². The number of nitrogens with zero attached hydrogens (tertiary/aromatic N) is 1. The monoisotopic (exact) mass is 361 g/mol. The lowest BCUT2D eigenvalue weighted by Gasteiger charge is -2.14. The number of methoxy groups -OCH3 is 1. The second-order valence-corrected chi connectivity index (χ2v) is 6.33. The maximum Gasteiger partial charge on any atom is 0.250 e. The Bertz CT molecular complexity index is 849. The average molecular weight is 362 g/mol. The van der Waals surface area contributed by atoms with Gasteiger partial charge in [-0.3, -0.25) is 0 Å². The molecule has 1 aromatic heterocycles. The van der Waals surface area contributed by atoms with E-state index in [1.165, 1.54) is 17.0 Å². The van der Waals surface area contributed by atoms with Gasteiger partial charge in [-0.05, 0) is 42.5 Å². The summed E-state index contributed by atoms with van der Waals surface area (Å²) in [6.45, 7) is 1.33. The molecule has 2 aromatic carbocycles. The highest BCUT2D eigenvalue weighted by Gasteiger charge is 2.14. The number of hydrogen-bond donors (Lipinski definition) is 1. The highest BCUT2D eigenvalue weighted by Crippen LogP contribution is 2.22. The summed E-state index contributed by atoms with van der Waals surface area (Å²) in [4.78, 5) is 5.49. The van der Waals surface area contributed by atoms with E-state index in [0.717, 1.165) is 23.4 Å². The van der Waals surface area contributed by atoms with Crippen molar-refractivity contribution >= 4 is 11.6 Å². The summed E-state index contributed by atoms with van der Waals surface area (Å²) in [6, 6.07) is 11.7. The molecule has 1 atom stereocenters. The standard InChI is InChI=1S/C19H18ClFN2O2/c1-23(11-14-9-15(20)5-8-17(14)24-2)12-19-22-10-18(25-19)13-3-6-16(21)7-4-13/h3-10H,11-12H2,1-2H3/p+1. The van der Waals surface area contributed by atoms with Crippen LogP contribution in [0, 0.1) is 5.82 Å². The minimum atomic E-state index is -0.275. The van der Waals surface area contributed by atoms with Crippen molar-refractivity contribution in [2.45, 2.75) is 13.1 Å². The Morgan fingerprint density at radius 1 is 1.16 bits per heavy atom. The largest absolute Gasteiger partial charge is 0.496 e. The third-order valence-electron chi connectivity index (χ3n) is 3.87. The molecule has 130 valence electrons. The van der Waals surface area contributed by atoms with Crippen LogP contribution in [0.2, 0.25) is 5.02 Å². The molecule has 0 aliphatic carbocycles. The first-order valence-corrected chi connectivity index (χ1v) is 8.27. The highest BCUT2D eigenvalue weighted by atomic mass is 35.5. The quantitative estimate of drug-likeness (QED) is 0.731. The number of oxazole rings is 1. The molecule has 25 heavy (non-hydrogen) atoms. The fraction of sp³-hybridized carbons (Fsp3) is 0.211. The Hall–Kier alpha value is -2.37. The number of benzene rings is 2. The van der Waals surface area contributed by atoms with Crippen molar-refractivity contribution in [2.24, 2.45) is 0 Å². The molecule has 3 aromatic rings. The van der Waals surface area contributed by atoms with Crippen molar-refractivity contribution < 1.29 is 18.4 Å². The van der Waals surface area contributed by atoms with Gasteiger partial charge in [-0.1, -0.05) is 11.6 Å². The second-order valence-electron chi connectivity index (χ2n) is 5.89. The highest BCUT2D eigenvalue weighted by molar-refractivity contribution is 6.30. The number of quaternary nitrogens is 1. The molecule has 0 radical (unpaired) electrons. The summed E-state index contributed by atoms with van der Waals surface area (Å²) in [6.07, 6.45) is 1.66. The van der Waals surface area contributed by atoms with Crippen LogP contribution < -0.4 is 9.64 Å². The van der Waals surface area contributed by atoms with E-state index in [0.29, 0.717) is 23.2 Å². The van der Waals surface area contributed by atoms with Crippen LogP contribution in [-0.4, -0.2) is 19.1 Å². The SMILES string of the molecule is COc1ccc(Cl)cc1C[NH+](C)Cc1ncc(-c2ccc(F)cc2)o1. The number of nitrogens with one attached hydrogen (secondary N) is 1. The van der Waals surface area contributed by atoms with Gasteiger partial charge in [0.15, 0.2) is 12.3 Å². The molecule has 1 unspecified atom stereocenters. The molecule has 1 heterocycles. The van der Waals surface area contributed by atoms with Gasteiger partial charge < -0.3 is 14.1 Å². The van der Waals surface area contributed by atoms with Gasteiger partial charge in [0, 0.05) is 16.1 Å². The van der Waals surface area contributed by atoms with Crippen LogP contribution in [0.15, 0.2) is 53.1 Å². The molecule has 0 aliphatic heterocycles. The average Bonchev–Trinajstić information content (AvgIpc) is 3.04. The fourth-order valence-electron chi connectivity index (χ4n) is 2.67. The van der Waals surface area contributed by atoms with Crippen LogP contribution in [0.3, 0.4) is 0 Å². The number of aromatic nitrogens is 1. The predicted octanol–water partition coefficient (Wildman–Crippen LogP) is 3.36. The van der Waals surface area contributed by atoms with Crippen molar-refractivity contribution in [3.05, 3.63) is 71.0 Å². The Balaban J connectivity index is 1.68. The molecule has 0 saturated heterocycles. The lowest BCUT2D eigenvalue weighted by Crippen LogP contribution is -3.06. The molecule has 0 amide bonds. The molecule has 0 saturated carbocycles. The van der Waals surface area contributed by atoms with E-state index in [1.807, 2.05) is 25.2 Å². The van der Waals surface area contributed by atoms with Gasteiger partial charge in [0.05, 0.1) is 20.4 Å². The Kier molecular flexibility index (Phi) is 5.36. The molecule has 3 rings (SSSR count). The molecule has 0 fully saturated rings. The first-order chi connectivity index (χ1) is 12.0. The van der Waals surface area contributed by atoms with Crippen LogP contribution in [0.5, 0.6) is 5.75 Å². The zero-order valence-electron chi connectivity index (χ0n) is 14.1. The molecule has 6 heteroatoms. The molecule has 0 spiro atoms. The molecule has 1 N–H and O–H groups in total. The summed E-state index contributed by atoms with van der Waals surface area (Å²) in [7, 11) is 3.69. The maximum absolute atomic E-state index is 13.0. The van der Waals surface area contributed by atoms with Crippen molar-refractivity contribution in [3.8, 4) is 17.1 Å². The lowest BCUT2D eigenvalue weighted by molar-refractivity contribution is -0.909. The zero-order chi connectivity index (χ0) is 17.8. The number of halogens is 2. The summed E-state index contributed by atoms with van der Waals surface area (Å²) in [5.74, 6) is 1.78. The molecular weight excluding hydrogens is 343 g/mol. The Morgan fingerprint density at radius 3 is 2.64 bits per heavy atom. The predicted molar refractivity (Wildman–Crippen MR) is 94.2 cm³/mol. The van der Waals surface area contributed by atoms with Gasteiger partial charge in [-0.15, -0.1) is 0 Å². The minimum absolute atomic E-state index is 0.275. The van der Waals surface area contributed by atoms with Crippen LogP contribution >= 0.6 is 11.6 Å². The van der Waals surface area contributed by atoms with Crippen LogP contribution in [0.25, 0.3) is 11.3 Å². The van der Waals surface area contributed by atoms with Gasteiger partial charge in [0.2, 0.25) is 0 Å². The second kappa shape index (κ2) is 7.68. The summed E-state index contributed by atoms with van der Waals surface area (Å²) in [5.41, 5.74) is 1.83. The zero-order valence-corrected chi connectivity index (χ0v) is 14.8.